The molecule has 4 aliphatic heterocycles. The molecule has 6 heterocycles. The second-order valence-corrected chi connectivity index (χ2v) is 31.4. The summed E-state index contributed by atoms with van der Waals surface area (Å²) in [4.78, 5) is 68.5. The Labute approximate surface area is 541 Å². The summed E-state index contributed by atoms with van der Waals surface area (Å²) in [5, 5.41) is 35.7. The Hall–Kier alpha value is -4.36. The van der Waals surface area contributed by atoms with Crippen molar-refractivity contribution in [3.05, 3.63) is 115 Å². The van der Waals surface area contributed by atoms with Crippen LogP contribution in [0.15, 0.2) is 60.9 Å². The summed E-state index contributed by atoms with van der Waals surface area (Å²) >= 11 is 25.0. The zero-order chi connectivity index (χ0) is 63.3. The molecular weight excluding hydrogens is 1220 g/mol. The number of aliphatic hydroxyl groups is 2. The topological polar surface area (TPSA) is 211 Å². The molecule has 2 amide bonds. The third-order valence-corrected chi connectivity index (χ3v) is 24.8. The lowest BCUT2D eigenvalue weighted by Gasteiger charge is -2.51. The molecule has 6 aliphatic carbocycles. The van der Waals surface area contributed by atoms with Gasteiger partial charge in [0.15, 0.2) is 21.9 Å². The fourth-order valence-electron chi connectivity index (χ4n) is 18.9. The molecule has 480 valence electrons. The van der Waals surface area contributed by atoms with E-state index < -0.39 is 62.9 Å². The Balaban J connectivity index is 0.000000149. The van der Waals surface area contributed by atoms with E-state index >= 15 is 8.78 Å². The number of amides is 2. The number of pyridine rings is 2. The number of hydrogen-bond acceptors (Lipinski definition) is 11. The van der Waals surface area contributed by atoms with Gasteiger partial charge in [-0.2, -0.15) is 0 Å². The molecule has 2 saturated heterocycles. The molecule has 7 N–H and O–H groups in total. The number of benzene rings is 2. The average Bonchev–Trinajstić information content (AvgIpc) is 1.52. The molecule has 4 spiro atoms. The largest absolute Gasteiger partial charge is 0.481 e. The lowest BCUT2D eigenvalue weighted by molar-refractivity contribution is -0.142. The first-order chi connectivity index (χ1) is 42.2. The fraction of sp³-hybridized carbons (Fsp3) is 0.623. The number of fused-ring (bicyclic) bond motifs is 6. The first-order valence-corrected chi connectivity index (χ1v) is 33.9. The molecule has 4 aromatic rings. The van der Waals surface area contributed by atoms with Crippen molar-refractivity contribution in [1.29, 1.82) is 0 Å². The van der Waals surface area contributed by atoms with Crippen molar-refractivity contribution in [2.75, 3.05) is 36.8 Å². The van der Waals surface area contributed by atoms with Crippen LogP contribution in [0.25, 0.3) is 0 Å². The number of aliphatic carboxylic acids is 1. The molecule has 14 nitrogen and oxygen atoms in total. The number of aliphatic hydroxyl groups excluding tert-OH is 2. The number of likely N-dealkylation sites (tertiary alicyclic amines) is 2. The van der Waals surface area contributed by atoms with Crippen LogP contribution >= 0.6 is 46.4 Å². The number of nitrogens with one attached hydrogen (secondary N) is 2. The number of carboxylic acids is 1. The first-order valence-electron chi connectivity index (χ1n) is 32.4. The molecular formula is C69H85Cl4F2N7O7. The number of aromatic nitrogens is 2. The molecule has 20 heteroatoms. The number of anilines is 2. The van der Waals surface area contributed by atoms with Crippen molar-refractivity contribution in [2.45, 2.75) is 203 Å². The number of hydrogen-bond donors (Lipinski definition) is 6. The molecule has 2 aromatic carbocycles. The minimum atomic E-state index is -1.25. The second-order valence-electron chi connectivity index (χ2n) is 29.8. The highest BCUT2D eigenvalue weighted by Gasteiger charge is 2.74. The summed E-state index contributed by atoms with van der Waals surface area (Å²) in [5.41, 5.74) is 5.65. The summed E-state index contributed by atoms with van der Waals surface area (Å²) in [6.07, 6.45) is 19.1. The minimum absolute atomic E-state index is 0.0550. The SMILES string of the molecule is CC1(C)CCC2(CC1)C[C@@H](C(=O)CC1CCC(N3CC(O)C3)CC1)[C@H](c1ccnc(Cl)c1F)[C@]21C(=O)Nc2cc(Cl)ccc21.CC1(C)CCC2(CC1)C[C@@H](C(=O)O)[C@H](c1ccnc(Cl)c1F)C21C(=O)Nc2cc(Cl)ccc21.NC1CCC(N2CC(O)C2)CC1. The maximum Gasteiger partial charge on any atom is 0.307 e. The van der Waals surface area contributed by atoms with Gasteiger partial charge >= 0.3 is 5.97 Å². The van der Waals surface area contributed by atoms with Crippen LogP contribution in [0.5, 0.6) is 0 Å². The predicted molar refractivity (Wildman–Crippen MR) is 341 cm³/mol. The summed E-state index contributed by atoms with van der Waals surface area (Å²) in [7, 11) is 0. The molecule has 1 unspecified atom stereocenters. The van der Waals surface area contributed by atoms with E-state index in [9.17, 15) is 29.4 Å². The van der Waals surface area contributed by atoms with E-state index in [4.69, 9.17) is 57.2 Å². The number of Topliss-reactive ketones (excluding diaryl/α,β-unsaturated/α-hetero) is 1. The van der Waals surface area contributed by atoms with Crippen molar-refractivity contribution < 1.29 is 43.3 Å². The quantitative estimate of drug-likeness (QED) is 0.0910. The molecule has 0 radical (unpaired) electrons. The van der Waals surface area contributed by atoms with Gasteiger partial charge in [0.1, 0.15) is 5.78 Å². The van der Waals surface area contributed by atoms with Crippen LogP contribution in [0.2, 0.25) is 20.4 Å². The third-order valence-electron chi connectivity index (χ3n) is 23.8. The van der Waals surface area contributed by atoms with Crippen LogP contribution in [0.1, 0.15) is 184 Å². The van der Waals surface area contributed by atoms with Gasteiger partial charge in [-0.25, -0.2) is 18.7 Å². The number of carboxylic acid groups (broad SMARTS) is 1. The van der Waals surface area contributed by atoms with E-state index in [1.807, 2.05) is 6.07 Å². The van der Waals surface area contributed by atoms with Crippen molar-refractivity contribution in [3.8, 4) is 0 Å². The van der Waals surface area contributed by atoms with Crippen molar-refractivity contribution >= 4 is 81.3 Å². The Bertz CT molecular complexity index is 3380. The highest BCUT2D eigenvalue weighted by molar-refractivity contribution is 6.32. The molecule has 6 saturated carbocycles. The monoisotopic (exact) mass is 1300 g/mol. The van der Waals surface area contributed by atoms with Crippen LogP contribution in [-0.2, 0) is 30.0 Å². The van der Waals surface area contributed by atoms with Gasteiger partial charge in [0.2, 0.25) is 11.8 Å². The van der Waals surface area contributed by atoms with Gasteiger partial charge in [-0.05, 0) is 202 Å². The first kappa shape index (κ1) is 64.7. The molecule has 8 fully saturated rings. The van der Waals surface area contributed by atoms with Gasteiger partial charge < -0.3 is 31.7 Å². The summed E-state index contributed by atoms with van der Waals surface area (Å²) in [6.45, 7) is 12.2. The minimum Gasteiger partial charge on any atom is -0.481 e. The van der Waals surface area contributed by atoms with Crippen molar-refractivity contribution in [1.82, 2.24) is 19.8 Å². The van der Waals surface area contributed by atoms with Crippen LogP contribution in [0, 0.1) is 51.0 Å². The zero-order valence-corrected chi connectivity index (χ0v) is 54.4. The Morgan fingerprint density at radius 2 is 0.989 bits per heavy atom. The molecule has 10 aliphatic rings. The molecule has 6 atom stereocenters. The van der Waals surface area contributed by atoms with Crippen molar-refractivity contribution in [2.24, 2.45) is 45.1 Å². The number of halogens is 6. The van der Waals surface area contributed by atoms with E-state index in [2.05, 4.69) is 58.1 Å². The highest BCUT2D eigenvalue weighted by atomic mass is 35.5. The van der Waals surface area contributed by atoms with Gasteiger partial charge in [0.05, 0.1) is 29.0 Å². The van der Waals surface area contributed by atoms with Gasteiger partial charge in [-0.1, -0.05) is 86.2 Å². The van der Waals surface area contributed by atoms with Gasteiger partial charge in [-0.15, -0.1) is 0 Å². The number of nitrogens with two attached hydrogens (primary N) is 1. The molecule has 89 heavy (non-hydrogen) atoms. The number of ketones is 1. The maximum atomic E-state index is 16.1. The lowest BCUT2D eigenvalue weighted by atomic mass is 9.51. The van der Waals surface area contributed by atoms with E-state index in [0.717, 1.165) is 109 Å². The molecule has 0 bridgehead atoms. The van der Waals surface area contributed by atoms with E-state index in [1.165, 1.54) is 31.3 Å². The van der Waals surface area contributed by atoms with E-state index in [-0.39, 0.29) is 68.8 Å². The third kappa shape index (κ3) is 11.3. The normalized spacial score (nSPS) is 32.5. The smallest absolute Gasteiger partial charge is 0.307 e. The van der Waals surface area contributed by atoms with Crippen LogP contribution in [0.3, 0.4) is 0 Å². The molecule has 2 aromatic heterocycles. The van der Waals surface area contributed by atoms with Crippen LogP contribution in [-0.4, -0.2) is 115 Å². The number of carbonyl (C=O) groups is 4. The fourth-order valence-corrected chi connectivity index (χ4v) is 19.6. The van der Waals surface area contributed by atoms with Gasteiger partial charge in [0.25, 0.3) is 0 Å². The number of rotatable bonds is 8. The van der Waals surface area contributed by atoms with Crippen molar-refractivity contribution in [3.63, 3.8) is 0 Å². The van der Waals surface area contributed by atoms with Gasteiger partial charge in [-0.3, -0.25) is 29.0 Å². The lowest BCUT2D eigenvalue weighted by Crippen LogP contribution is -2.56. The standard InChI is InChI=1S/C35H42Cl2FN3O3.C25H25Cl2FN2O3.C9H18N2O/c1-33(2)10-12-34(13-11-33)17-25(28(43)15-20-3-6-22(7-4-20)41-18-23(42)19-41)29(24-9-14-39-31(37)30(24)38)35(34)26-8-5-21(36)16-27(26)40-32(35)44;1-23(2)6-8-24(9-7-23)12-15(21(31)32)18(14-5-10-29-20(27)19(14)28)25(24)16-4-3-13(26)11-17(16)30-22(25)33;10-7-1-3-8(4-2-7)11-5-9(12)6-11/h5,8-9,14,16,20,22-23,25,29,42H,3-4,6-7,10-13,15,17-19H2,1-2H3,(H,40,44);3-5,10-11,15,18H,6-9,12H2,1-2H3,(H,30,33)(H,31,32);7-9,12H,1-6,10H2/t20?,22?,25-,29-,35+;15-,18+,25?;/m01./s1. The predicted octanol–water partition coefficient (Wildman–Crippen LogP) is 13.4. The van der Waals surface area contributed by atoms with E-state index in [1.54, 1.807) is 36.4 Å². The number of nitrogens with zero attached hydrogens (tertiary/aromatic N) is 4. The number of carbonyl (C=O) groups excluding carboxylic acids is 3. The maximum absolute atomic E-state index is 16.1. The Morgan fingerprint density at radius 3 is 1.39 bits per heavy atom. The zero-order valence-electron chi connectivity index (χ0n) is 51.4. The number of β-amino-alcohol motifs (C(OH)–C–C–N with tert-alkyl or cyclic N) is 2. The van der Waals surface area contributed by atoms with Crippen LogP contribution < -0.4 is 16.4 Å². The second kappa shape index (κ2) is 24.5. The highest BCUT2D eigenvalue weighted by Crippen LogP contribution is 2.74. The summed E-state index contributed by atoms with van der Waals surface area (Å²) < 4.78 is 31.6. The molecule has 14 rings (SSSR count). The Morgan fingerprint density at radius 1 is 0.596 bits per heavy atom. The van der Waals surface area contributed by atoms with Crippen LogP contribution in [0.4, 0.5) is 20.2 Å². The van der Waals surface area contributed by atoms with Gasteiger partial charge in [0, 0.05) is 102 Å². The Kier molecular flexibility index (Phi) is 17.8. The van der Waals surface area contributed by atoms with E-state index in [0.29, 0.717) is 76.4 Å². The summed E-state index contributed by atoms with van der Waals surface area (Å²) in [5.74, 6) is -5.64. The summed E-state index contributed by atoms with van der Waals surface area (Å²) in [6, 6.07) is 15.4. The average molecular weight is 1300 g/mol.